The monoisotopic (exact) mass is 362 g/mol. The predicted molar refractivity (Wildman–Crippen MR) is 103 cm³/mol. The lowest BCUT2D eigenvalue weighted by molar-refractivity contribution is -0.118. The highest BCUT2D eigenvalue weighted by molar-refractivity contribution is 8.00. The number of benzene rings is 2. The number of hydrogen-bond acceptors (Lipinski definition) is 3. The topological polar surface area (TPSA) is 55.1 Å². The standard InChI is InChI=1S/C19H23ClN2OS/c1-14(21)11-12-22-18(23)13-24-19(15-5-3-2-4-6-15)16-7-9-17(20)10-8-16/h2-10,14,19H,11-13,21H2,1H3,(H,22,23). The summed E-state index contributed by atoms with van der Waals surface area (Å²) in [6.07, 6.45) is 0.787. The van der Waals surface area contributed by atoms with Gasteiger partial charge in [0, 0.05) is 17.6 Å². The first-order chi connectivity index (χ1) is 11.6. The largest absolute Gasteiger partial charge is 0.355 e. The molecule has 24 heavy (non-hydrogen) atoms. The molecule has 2 rings (SSSR count). The molecule has 0 bridgehead atoms. The van der Waals surface area contributed by atoms with E-state index in [9.17, 15) is 4.79 Å². The molecule has 0 aliphatic heterocycles. The van der Waals surface area contributed by atoms with E-state index in [-0.39, 0.29) is 17.2 Å². The molecule has 0 aromatic heterocycles. The van der Waals surface area contributed by atoms with Gasteiger partial charge in [-0.05, 0) is 36.6 Å². The van der Waals surface area contributed by atoms with Crippen molar-refractivity contribution < 1.29 is 4.79 Å². The number of nitrogens with one attached hydrogen (secondary N) is 1. The van der Waals surface area contributed by atoms with Gasteiger partial charge in [0.15, 0.2) is 0 Å². The van der Waals surface area contributed by atoms with Crippen molar-refractivity contribution in [2.24, 2.45) is 5.73 Å². The highest BCUT2D eigenvalue weighted by Crippen LogP contribution is 2.35. The summed E-state index contributed by atoms with van der Waals surface area (Å²) < 4.78 is 0. The van der Waals surface area contributed by atoms with E-state index in [1.54, 1.807) is 11.8 Å². The Morgan fingerprint density at radius 2 is 1.75 bits per heavy atom. The fraction of sp³-hybridized carbons (Fsp3) is 0.316. The van der Waals surface area contributed by atoms with E-state index < -0.39 is 0 Å². The summed E-state index contributed by atoms with van der Waals surface area (Å²) in [5.74, 6) is 0.441. The molecule has 3 nitrogen and oxygen atoms in total. The van der Waals surface area contributed by atoms with E-state index in [0.717, 1.165) is 12.0 Å². The molecule has 0 aliphatic carbocycles. The van der Waals surface area contributed by atoms with E-state index in [1.165, 1.54) is 5.56 Å². The van der Waals surface area contributed by atoms with E-state index >= 15 is 0 Å². The molecule has 0 spiro atoms. The fourth-order valence-electron chi connectivity index (χ4n) is 2.30. The molecule has 0 saturated heterocycles. The van der Waals surface area contributed by atoms with Crippen LogP contribution in [0.1, 0.15) is 29.7 Å². The van der Waals surface area contributed by atoms with Gasteiger partial charge in [0.25, 0.3) is 0 Å². The van der Waals surface area contributed by atoms with Gasteiger partial charge in [-0.25, -0.2) is 0 Å². The number of amides is 1. The molecule has 3 N–H and O–H groups in total. The molecule has 2 aromatic carbocycles. The Balaban J connectivity index is 2.02. The molecule has 0 radical (unpaired) electrons. The summed E-state index contributed by atoms with van der Waals surface area (Å²) in [6, 6.07) is 18.1. The van der Waals surface area contributed by atoms with Crippen LogP contribution in [0.3, 0.4) is 0 Å². The minimum absolute atomic E-state index is 0.0375. The molecule has 1 amide bonds. The Bertz CT molecular complexity index is 632. The first-order valence-electron chi connectivity index (χ1n) is 8.00. The molecule has 0 fully saturated rings. The average molecular weight is 363 g/mol. The van der Waals surface area contributed by atoms with Crippen LogP contribution in [0.4, 0.5) is 0 Å². The van der Waals surface area contributed by atoms with E-state index in [1.807, 2.05) is 49.4 Å². The lowest BCUT2D eigenvalue weighted by atomic mass is 10.0. The van der Waals surface area contributed by atoms with Gasteiger partial charge in [-0.2, -0.15) is 0 Å². The lowest BCUT2D eigenvalue weighted by Crippen LogP contribution is -2.30. The zero-order valence-electron chi connectivity index (χ0n) is 13.7. The minimum atomic E-state index is 0.0375. The van der Waals surface area contributed by atoms with Crippen molar-refractivity contribution in [3.63, 3.8) is 0 Å². The van der Waals surface area contributed by atoms with Crippen molar-refractivity contribution in [1.82, 2.24) is 5.32 Å². The lowest BCUT2D eigenvalue weighted by Gasteiger charge is -2.18. The Kier molecular flexibility index (Phi) is 7.63. The second-order valence-electron chi connectivity index (χ2n) is 5.77. The second kappa shape index (κ2) is 9.72. The van der Waals surface area contributed by atoms with Gasteiger partial charge in [-0.15, -0.1) is 11.8 Å². The number of halogens is 1. The average Bonchev–Trinajstić information content (AvgIpc) is 2.57. The van der Waals surface area contributed by atoms with Crippen LogP contribution < -0.4 is 11.1 Å². The molecule has 2 atom stereocenters. The van der Waals surface area contributed by atoms with Crippen LogP contribution in [0.25, 0.3) is 0 Å². The summed E-state index contributed by atoms with van der Waals surface area (Å²) in [6.45, 7) is 2.56. The quantitative estimate of drug-likeness (QED) is 0.745. The molecule has 128 valence electrons. The Morgan fingerprint density at radius 1 is 1.12 bits per heavy atom. The van der Waals surface area contributed by atoms with Crippen molar-refractivity contribution in [1.29, 1.82) is 0 Å². The third kappa shape index (κ3) is 6.19. The maximum absolute atomic E-state index is 12.1. The Hall–Kier alpha value is -1.49. The molecule has 0 aliphatic rings. The molecule has 0 heterocycles. The van der Waals surface area contributed by atoms with Crippen LogP contribution in [-0.4, -0.2) is 24.2 Å². The van der Waals surface area contributed by atoms with Gasteiger partial charge in [0.1, 0.15) is 0 Å². The minimum Gasteiger partial charge on any atom is -0.355 e. The molecule has 2 unspecified atom stereocenters. The smallest absolute Gasteiger partial charge is 0.230 e. The van der Waals surface area contributed by atoms with Gasteiger partial charge in [-0.3, -0.25) is 4.79 Å². The second-order valence-corrected chi connectivity index (χ2v) is 7.30. The number of nitrogens with two attached hydrogens (primary N) is 1. The van der Waals surface area contributed by atoms with Crippen LogP contribution in [0, 0.1) is 0 Å². The number of hydrogen-bond donors (Lipinski definition) is 2. The fourth-order valence-corrected chi connectivity index (χ4v) is 3.54. The summed E-state index contributed by atoms with van der Waals surface area (Å²) in [7, 11) is 0. The van der Waals surface area contributed by atoms with Crippen molar-refractivity contribution in [2.75, 3.05) is 12.3 Å². The molecular weight excluding hydrogens is 340 g/mol. The highest BCUT2D eigenvalue weighted by Gasteiger charge is 2.16. The van der Waals surface area contributed by atoms with E-state index in [2.05, 4.69) is 17.4 Å². The summed E-state index contributed by atoms with van der Waals surface area (Å²) in [5, 5.41) is 3.73. The van der Waals surface area contributed by atoms with Crippen molar-refractivity contribution in [3.05, 3.63) is 70.7 Å². The van der Waals surface area contributed by atoms with Crippen molar-refractivity contribution >= 4 is 29.3 Å². The number of carbonyl (C=O) groups excluding carboxylic acids is 1. The first-order valence-corrected chi connectivity index (χ1v) is 9.43. The van der Waals surface area contributed by atoms with E-state index in [4.69, 9.17) is 17.3 Å². The van der Waals surface area contributed by atoms with Crippen molar-refractivity contribution in [3.8, 4) is 0 Å². The number of carbonyl (C=O) groups is 1. The van der Waals surface area contributed by atoms with Crippen LogP contribution in [-0.2, 0) is 4.79 Å². The highest BCUT2D eigenvalue weighted by atomic mass is 35.5. The molecule has 5 heteroatoms. The zero-order valence-corrected chi connectivity index (χ0v) is 15.3. The zero-order chi connectivity index (χ0) is 17.4. The Morgan fingerprint density at radius 3 is 2.38 bits per heavy atom. The van der Waals surface area contributed by atoms with Crippen LogP contribution in [0.5, 0.6) is 0 Å². The van der Waals surface area contributed by atoms with Gasteiger partial charge < -0.3 is 11.1 Å². The third-order valence-electron chi connectivity index (χ3n) is 3.58. The van der Waals surface area contributed by atoms with Gasteiger partial charge >= 0.3 is 0 Å². The SMILES string of the molecule is CC(N)CCNC(=O)CSC(c1ccccc1)c1ccc(Cl)cc1. The number of rotatable bonds is 8. The van der Waals surface area contributed by atoms with Gasteiger partial charge in [-0.1, -0.05) is 54.1 Å². The summed E-state index contributed by atoms with van der Waals surface area (Å²) in [5.41, 5.74) is 8.01. The van der Waals surface area contributed by atoms with Crippen LogP contribution >= 0.6 is 23.4 Å². The predicted octanol–water partition coefficient (Wildman–Crippen LogP) is 4.02. The first kappa shape index (κ1) is 18.8. The molecular formula is C19H23ClN2OS. The van der Waals surface area contributed by atoms with Gasteiger partial charge in [0.2, 0.25) is 5.91 Å². The third-order valence-corrected chi connectivity index (χ3v) is 5.14. The van der Waals surface area contributed by atoms with Crippen LogP contribution in [0.2, 0.25) is 5.02 Å². The normalized spacial score (nSPS) is 13.3. The Labute approximate surface area is 153 Å². The van der Waals surface area contributed by atoms with Crippen LogP contribution in [0.15, 0.2) is 54.6 Å². The molecule has 0 saturated carbocycles. The maximum atomic E-state index is 12.1. The van der Waals surface area contributed by atoms with Crippen molar-refractivity contribution in [2.45, 2.75) is 24.6 Å². The molecule has 2 aromatic rings. The maximum Gasteiger partial charge on any atom is 0.230 e. The van der Waals surface area contributed by atoms with Gasteiger partial charge in [0.05, 0.1) is 11.0 Å². The number of thioether (sulfide) groups is 1. The summed E-state index contributed by atoms with van der Waals surface area (Å²) >= 11 is 7.61. The summed E-state index contributed by atoms with van der Waals surface area (Å²) in [4.78, 5) is 12.1. The van der Waals surface area contributed by atoms with E-state index in [0.29, 0.717) is 17.3 Å².